The molecule has 4 nitrogen and oxygen atoms in total. The molecule has 2 aromatic rings. The Morgan fingerprint density at radius 2 is 2.26 bits per heavy atom. The van der Waals surface area contributed by atoms with Gasteiger partial charge in [0.2, 0.25) is 0 Å². The molecule has 0 saturated carbocycles. The molecule has 0 aliphatic rings. The number of imidazole rings is 1. The van der Waals surface area contributed by atoms with Crippen LogP contribution >= 0.6 is 12.2 Å². The van der Waals surface area contributed by atoms with Crippen molar-refractivity contribution in [1.82, 2.24) is 9.55 Å². The van der Waals surface area contributed by atoms with Crippen molar-refractivity contribution >= 4 is 34.1 Å². The molecular formula is C12H15FN2O2S2. The number of aromatic amines is 1. The first kappa shape index (κ1) is 14.2. The molecule has 2 unspecified atom stereocenters. The number of rotatable bonds is 4. The molecule has 0 radical (unpaired) electrons. The first-order valence-electron chi connectivity index (χ1n) is 5.72. The number of ether oxygens (including phenoxy) is 1. The predicted octanol–water partition coefficient (Wildman–Crippen LogP) is 2.61. The molecule has 0 aliphatic carbocycles. The molecule has 1 aromatic heterocycles. The van der Waals surface area contributed by atoms with Crippen molar-refractivity contribution in [3.05, 3.63) is 22.7 Å². The van der Waals surface area contributed by atoms with E-state index in [2.05, 4.69) is 4.98 Å². The van der Waals surface area contributed by atoms with Crippen LogP contribution in [0.4, 0.5) is 4.39 Å². The first-order valence-corrected chi connectivity index (χ1v) is 7.75. The Labute approximate surface area is 118 Å². The fourth-order valence-electron chi connectivity index (χ4n) is 1.86. The summed E-state index contributed by atoms with van der Waals surface area (Å²) in [5.74, 6) is -0.272. The molecule has 104 valence electrons. The molecule has 19 heavy (non-hydrogen) atoms. The van der Waals surface area contributed by atoms with Gasteiger partial charge in [-0.1, -0.05) is 0 Å². The van der Waals surface area contributed by atoms with Crippen molar-refractivity contribution in [2.24, 2.45) is 0 Å². The average Bonchev–Trinajstić information content (AvgIpc) is 2.64. The Balaban J connectivity index is 2.57. The third-order valence-electron chi connectivity index (χ3n) is 3.05. The van der Waals surface area contributed by atoms with Crippen molar-refractivity contribution in [3.8, 4) is 5.75 Å². The fraction of sp³-hybridized carbons (Fsp3) is 0.417. The number of methoxy groups -OCH3 is 1. The summed E-state index contributed by atoms with van der Waals surface area (Å²) in [7, 11) is 0.472. The second-order valence-electron chi connectivity index (χ2n) is 4.35. The van der Waals surface area contributed by atoms with Crippen LogP contribution in [-0.4, -0.2) is 32.4 Å². The minimum absolute atomic E-state index is 0.0400. The van der Waals surface area contributed by atoms with Gasteiger partial charge in [-0.3, -0.25) is 4.21 Å². The molecular weight excluding hydrogens is 287 g/mol. The van der Waals surface area contributed by atoms with Gasteiger partial charge in [0.25, 0.3) is 0 Å². The molecule has 0 bridgehead atoms. The lowest BCUT2D eigenvalue weighted by molar-refractivity contribution is 0.387. The van der Waals surface area contributed by atoms with Crippen molar-refractivity contribution in [2.75, 3.05) is 13.4 Å². The monoisotopic (exact) mass is 302 g/mol. The van der Waals surface area contributed by atoms with Crippen LogP contribution in [0.15, 0.2) is 12.1 Å². The predicted molar refractivity (Wildman–Crippen MR) is 77.2 cm³/mol. The van der Waals surface area contributed by atoms with Gasteiger partial charge in [-0.05, 0) is 19.1 Å². The zero-order valence-corrected chi connectivity index (χ0v) is 12.5. The summed E-state index contributed by atoms with van der Waals surface area (Å²) >= 11 is 5.23. The summed E-state index contributed by atoms with van der Waals surface area (Å²) in [6, 6.07) is 2.95. The Kier molecular flexibility index (Phi) is 4.05. The Bertz CT molecular complexity index is 693. The number of hydrogen-bond donors (Lipinski definition) is 1. The summed E-state index contributed by atoms with van der Waals surface area (Å²) in [6.07, 6.45) is 1.66. The molecule has 2 rings (SSSR count). The molecule has 0 spiro atoms. The highest BCUT2D eigenvalue weighted by molar-refractivity contribution is 7.84. The van der Waals surface area contributed by atoms with Crippen LogP contribution in [0.25, 0.3) is 11.0 Å². The van der Waals surface area contributed by atoms with E-state index in [0.29, 0.717) is 16.8 Å². The lowest BCUT2D eigenvalue weighted by Crippen LogP contribution is -2.17. The molecule has 0 aliphatic heterocycles. The van der Waals surface area contributed by atoms with Gasteiger partial charge >= 0.3 is 0 Å². The van der Waals surface area contributed by atoms with E-state index in [9.17, 15) is 8.60 Å². The number of halogens is 1. The zero-order chi connectivity index (χ0) is 14.2. The average molecular weight is 302 g/mol. The highest BCUT2D eigenvalue weighted by Gasteiger charge is 2.14. The van der Waals surface area contributed by atoms with Crippen LogP contribution in [0.2, 0.25) is 0 Å². The van der Waals surface area contributed by atoms with E-state index < -0.39 is 16.6 Å². The van der Waals surface area contributed by atoms with Crippen molar-refractivity contribution < 1.29 is 13.3 Å². The largest absolute Gasteiger partial charge is 0.494 e. The van der Waals surface area contributed by atoms with E-state index in [4.69, 9.17) is 17.0 Å². The molecule has 1 heterocycles. The smallest absolute Gasteiger partial charge is 0.178 e. The summed E-state index contributed by atoms with van der Waals surface area (Å²) < 4.78 is 32.4. The number of nitrogens with one attached hydrogen (secondary N) is 1. The quantitative estimate of drug-likeness (QED) is 0.883. The van der Waals surface area contributed by atoms with Gasteiger partial charge in [-0.2, -0.15) is 0 Å². The van der Waals surface area contributed by atoms with Gasteiger partial charge < -0.3 is 14.3 Å². The SMILES string of the molecule is COc1cc2c(cc1F)[nH]c(=S)n2CC(C)S(C)=O. The number of aromatic nitrogens is 2. The van der Waals surface area contributed by atoms with E-state index in [1.807, 2.05) is 11.5 Å². The van der Waals surface area contributed by atoms with Crippen LogP contribution in [-0.2, 0) is 17.3 Å². The second-order valence-corrected chi connectivity index (χ2v) is 6.54. The fourth-order valence-corrected chi connectivity index (χ4v) is 2.50. The van der Waals surface area contributed by atoms with E-state index in [-0.39, 0.29) is 11.0 Å². The van der Waals surface area contributed by atoms with Crippen molar-refractivity contribution in [2.45, 2.75) is 18.7 Å². The Hall–Kier alpha value is -1.21. The maximum Gasteiger partial charge on any atom is 0.178 e. The number of nitrogens with zero attached hydrogens (tertiary/aromatic N) is 1. The van der Waals surface area contributed by atoms with Gasteiger partial charge in [-0.25, -0.2) is 4.39 Å². The second kappa shape index (κ2) is 5.42. The van der Waals surface area contributed by atoms with Crippen LogP contribution < -0.4 is 4.74 Å². The van der Waals surface area contributed by atoms with Gasteiger partial charge in [-0.15, -0.1) is 0 Å². The maximum atomic E-state index is 13.6. The maximum absolute atomic E-state index is 13.6. The number of hydrogen-bond acceptors (Lipinski definition) is 3. The highest BCUT2D eigenvalue weighted by atomic mass is 32.2. The number of benzene rings is 1. The summed E-state index contributed by atoms with van der Waals surface area (Å²) in [4.78, 5) is 2.95. The van der Waals surface area contributed by atoms with E-state index in [0.717, 1.165) is 5.52 Å². The van der Waals surface area contributed by atoms with E-state index >= 15 is 0 Å². The van der Waals surface area contributed by atoms with Gasteiger partial charge in [0, 0.05) is 41.0 Å². The topological polar surface area (TPSA) is 47.0 Å². The zero-order valence-electron chi connectivity index (χ0n) is 10.9. The van der Waals surface area contributed by atoms with Crippen molar-refractivity contribution in [3.63, 3.8) is 0 Å². The normalized spacial score (nSPS) is 14.5. The van der Waals surface area contributed by atoms with E-state index in [1.165, 1.54) is 13.2 Å². The molecule has 0 amide bonds. The molecule has 2 atom stereocenters. The van der Waals surface area contributed by atoms with E-state index in [1.54, 1.807) is 12.3 Å². The number of fused-ring (bicyclic) bond motifs is 1. The van der Waals surface area contributed by atoms with Crippen LogP contribution in [0.5, 0.6) is 5.75 Å². The lowest BCUT2D eigenvalue weighted by Gasteiger charge is -2.10. The highest BCUT2D eigenvalue weighted by Crippen LogP contribution is 2.24. The third kappa shape index (κ3) is 2.71. The minimum Gasteiger partial charge on any atom is -0.494 e. The lowest BCUT2D eigenvalue weighted by atomic mass is 10.3. The number of H-pyrrole nitrogens is 1. The Morgan fingerprint density at radius 3 is 2.84 bits per heavy atom. The van der Waals surface area contributed by atoms with Gasteiger partial charge in [0.05, 0.1) is 18.1 Å². The summed E-state index contributed by atoms with van der Waals surface area (Å²) in [5, 5.41) is -0.0400. The molecule has 7 heteroatoms. The van der Waals surface area contributed by atoms with Crippen LogP contribution in [0, 0.1) is 10.6 Å². The van der Waals surface area contributed by atoms with Crippen LogP contribution in [0.3, 0.4) is 0 Å². The third-order valence-corrected chi connectivity index (χ3v) is 4.66. The summed E-state index contributed by atoms with van der Waals surface area (Å²) in [5.41, 5.74) is 1.36. The van der Waals surface area contributed by atoms with Crippen LogP contribution in [0.1, 0.15) is 6.92 Å². The standard InChI is InChI=1S/C12H15FN2O2S2/c1-7(19(3)16)6-15-10-5-11(17-2)8(13)4-9(10)14-12(15)18/h4-5,7H,6H2,1-3H3,(H,14,18). The van der Waals surface area contributed by atoms with Gasteiger partial charge in [0.15, 0.2) is 16.3 Å². The molecule has 1 N–H and O–H groups in total. The van der Waals surface area contributed by atoms with Crippen molar-refractivity contribution in [1.29, 1.82) is 0 Å². The molecule has 0 fully saturated rings. The minimum atomic E-state index is -0.944. The Morgan fingerprint density at radius 1 is 1.58 bits per heavy atom. The summed E-state index contributed by atoms with van der Waals surface area (Å²) in [6.45, 7) is 2.40. The van der Waals surface area contributed by atoms with Gasteiger partial charge in [0.1, 0.15) is 0 Å². The first-order chi connectivity index (χ1) is 8.93. The molecule has 0 saturated heterocycles. The molecule has 1 aromatic carbocycles.